The minimum atomic E-state index is -0.563. The summed E-state index contributed by atoms with van der Waals surface area (Å²) in [5.74, 6) is -0.597. The number of methoxy groups -OCH3 is 1. The molecule has 0 fully saturated rings. The van der Waals surface area contributed by atoms with Crippen LogP contribution in [0.3, 0.4) is 0 Å². The fraction of sp³-hybridized carbons (Fsp3) is 0.583. The molecule has 1 atom stereocenters. The summed E-state index contributed by atoms with van der Waals surface area (Å²) in [6, 6.07) is 0. The number of nitrogens with zero attached hydrogens (tertiary/aromatic N) is 2. The summed E-state index contributed by atoms with van der Waals surface area (Å²) in [6.45, 7) is 4.61. The zero-order valence-corrected chi connectivity index (χ0v) is 12.8. The van der Waals surface area contributed by atoms with Crippen LogP contribution in [-0.2, 0) is 16.1 Å². The SMILES string of the molecule is CCCN(Cc1nc(C(=O)OC)cs1)C(=O)[C@H](C)Cl. The van der Waals surface area contributed by atoms with Crippen LogP contribution in [0.15, 0.2) is 5.38 Å². The average Bonchev–Trinajstić information content (AvgIpc) is 2.84. The first-order chi connectivity index (χ1) is 8.99. The summed E-state index contributed by atoms with van der Waals surface area (Å²) in [5.41, 5.74) is 0.269. The highest BCUT2D eigenvalue weighted by Crippen LogP contribution is 2.15. The highest BCUT2D eigenvalue weighted by Gasteiger charge is 2.20. The lowest BCUT2D eigenvalue weighted by Gasteiger charge is -2.22. The topological polar surface area (TPSA) is 59.5 Å². The smallest absolute Gasteiger partial charge is 0.357 e. The van der Waals surface area contributed by atoms with E-state index in [0.717, 1.165) is 6.42 Å². The zero-order chi connectivity index (χ0) is 14.4. The van der Waals surface area contributed by atoms with Gasteiger partial charge < -0.3 is 9.64 Å². The van der Waals surface area contributed by atoms with Gasteiger partial charge in [-0.1, -0.05) is 6.92 Å². The van der Waals surface area contributed by atoms with E-state index in [0.29, 0.717) is 18.1 Å². The van der Waals surface area contributed by atoms with Crippen molar-refractivity contribution >= 4 is 34.8 Å². The van der Waals surface area contributed by atoms with Crippen molar-refractivity contribution in [1.29, 1.82) is 0 Å². The lowest BCUT2D eigenvalue weighted by molar-refractivity contribution is -0.131. The molecule has 1 aromatic rings. The quantitative estimate of drug-likeness (QED) is 0.597. The fourth-order valence-electron chi connectivity index (χ4n) is 1.53. The molecule has 0 bridgehead atoms. The molecule has 1 heterocycles. The number of amides is 1. The Morgan fingerprint density at radius 2 is 2.26 bits per heavy atom. The van der Waals surface area contributed by atoms with E-state index in [4.69, 9.17) is 11.6 Å². The number of aromatic nitrogens is 1. The van der Waals surface area contributed by atoms with E-state index < -0.39 is 11.3 Å². The van der Waals surface area contributed by atoms with Crippen LogP contribution in [0.1, 0.15) is 35.8 Å². The van der Waals surface area contributed by atoms with Crippen molar-refractivity contribution in [2.24, 2.45) is 0 Å². The third-order valence-electron chi connectivity index (χ3n) is 2.42. The summed E-state index contributed by atoms with van der Waals surface area (Å²) in [7, 11) is 1.31. The van der Waals surface area contributed by atoms with E-state index in [2.05, 4.69) is 9.72 Å². The van der Waals surface area contributed by atoms with Gasteiger partial charge in [0, 0.05) is 11.9 Å². The zero-order valence-electron chi connectivity index (χ0n) is 11.2. The molecule has 5 nitrogen and oxygen atoms in total. The van der Waals surface area contributed by atoms with E-state index in [1.807, 2.05) is 6.92 Å². The van der Waals surface area contributed by atoms with Gasteiger partial charge in [-0.25, -0.2) is 9.78 Å². The number of carbonyl (C=O) groups is 2. The third-order valence-corrected chi connectivity index (χ3v) is 3.44. The van der Waals surface area contributed by atoms with Crippen molar-refractivity contribution in [3.05, 3.63) is 16.1 Å². The number of ether oxygens (including phenoxy) is 1. The highest BCUT2D eigenvalue weighted by molar-refractivity contribution is 7.09. The molecule has 0 aliphatic carbocycles. The Balaban J connectivity index is 2.76. The van der Waals surface area contributed by atoms with E-state index in [1.165, 1.54) is 18.4 Å². The maximum Gasteiger partial charge on any atom is 0.357 e. The fourth-order valence-corrected chi connectivity index (χ4v) is 2.45. The van der Waals surface area contributed by atoms with Crippen LogP contribution in [0, 0.1) is 0 Å². The average molecular weight is 305 g/mol. The van der Waals surface area contributed by atoms with E-state index in [-0.39, 0.29) is 11.6 Å². The van der Waals surface area contributed by atoms with E-state index >= 15 is 0 Å². The minimum absolute atomic E-state index is 0.127. The summed E-state index contributed by atoms with van der Waals surface area (Å²) in [6.07, 6.45) is 0.838. The first kappa shape index (κ1) is 15.9. The van der Waals surface area contributed by atoms with Crippen molar-refractivity contribution in [3.63, 3.8) is 0 Å². The molecule has 1 amide bonds. The molecular formula is C12H17ClN2O3S. The van der Waals surface area contributed by atoms with Crippen LogP contribution >= 0.6 is 22.9 Å². The Morgan fingerprint density at radius 3 is 2.79 bits per heavy atom. The number of hydrogen-bond acceptors (Lipinski definition) is 5. The minimum Gasteiger partial charge on any atom is -0.464 e. The lowest BCUT2D eigenvalue weighted by Crippen LogP contribution is -2.35. The maximum absolute atomic E-state index is 11.9. The van der Waals surface area contributed by atoms with Crippen molar-refractivity contribution < 1.29 is 14.3 Å². The number of halogens is 1. The van der Waals surface area contributed by atoms with Crippen LogP contribution < -0.4 is 0 Å². The number of carbonyl (C=O) groups excluding carboxylic acids is 2. The van der Waals surface area contributed by atoms with Gasteiger partial charge in [0.1, 0.15) is 10.4 Å². The monoisotopic (exact) mass is 304 g/mol. The summed E-state index contributed by atoms with van der Waals surface area (Å²) >= 11 is 7.15. The molecule has 0 saturated carbocycles. The molecule has 0 aliphatic heterocycles. The van der Waals surface area contributed by atoms with Gasteiger partial charge >= 0.3 is 5.97 Å². The van der Waals surface area contributed by atoms with E-state index in [9.17, 15) is 9.59 Å². The molecule has 0 aromatic carbocycles. The molecule has 0 saturated heterocycles. The molecule has 106 valence electrons. The van der Waals surface area contributed by atoms with Crippen LogP contribution in [-0.4, -0.2) is 40.8 Å². The predicted octanol–water partition coefficient (Wildman–Crippen LogP) is 2.30. The van der Waals surface area contributed by atoms with Crippen molar-refractivity contribution in [2.45, 2.75) is 32.2 Å². The summed E-state index contributed by atoms with van der Waals surface area (Å²) < 4.78 is 4.59. The third kappa shape index (κ3) is 4.47. The molecule has 1 aromatic heterocycles. The maximum atomic E-state index is 11.9. The van der Waals surface area contributed by atoms with Gasteiger partial charge in [0.2, 0.25) is 5.91 Å². The lowest BCUT2D eigenvalue weighted by atomic mass is 10.3. The second kappa shape index (κ2) is 7.45. The first-order valence-electron chi connectivity index (χ1n) is 5.95. The van der Waals surface area contributed by atoms with Gasteiger partial charge in [-0.2, -0.15) is 0 Å². The number of hydrogen-bond donors (Lipinski definition) is 0. The number of esters is 1. The molecular weight excluding hydrogens is 288 g/mol. The molecule has 0 unspecified atom stereocenters. The van der Waals surface area contributed by atoms with Crippen LogP contribution in [0.25, 0.3) is 0 Å². The molecule has 0 radical (unpaired) electrons. The van der Waals surface area contributed by atoms with Gasteiger partial charge in [-0.05, 0) is 13.3 Å². The first-order valence-corrected chi connectivity index (χ1v) is 7.26. The largest absolute Gasteiger partial charge is 0.464 e. The van der Waals surface area contributed by atoms with Gasteiger partial charge in [0.15, 0.2) is 5.69 Å². The van der Waals surface area contributed by atoms with Gasteiger partial charge in [0.25, 0.3) is 0 Å². The second-order valence-electron chi connectivity index (χ2n) is 3.99. The Kier molecular flexibility index (Phi) is 6.24. The molecule has 7 heteroatoms. The Hall–Kier alpha value is -1.14. The highest BCUT2D eigenvalue weighted by atomic mass is 35.5. The van der Waals surface area contributed by atoms with Crippen LogP contribution in [0.4, 0.5) is 0 Å². The van der Waals surface area contributed by atoms with Gasteiger partial charge in [0.05, 0.1) is 13.7 Å². The van der Waals surface area contributed by atoms with E-state index in [1.54, 1.807) is 17.2 Å². The van der Waals surface area contributed by atoms with Crippen molar-refractivity contribution in [2.75, 3.05) is 13.7 Å². The molecule has 19 heavy (non-hydrogen) atoms. The van der Waals surface area contributed by atoms with Gasteiger partial charge in [-0.15, -0.1) is 22.9 Å². The van der Waals surface area contributed by atoms with Crippen LogP contribution in [0.2, 0.25) is 0 Å². The molecule has 1 rings (SSSR count). The molecule has 0 N–H and O–H groups in total. The summed E-state index contributed by atoms with van der Waals surface area (Å²) in [4.78, 5) is 29.0. The summed E-state index contributed by atoms with van der Waals surface area (Å²) in [5, 5.41) is 1.76. The standard InChI is InChI=1S/C12H17ClN2O3S/c1-4-5-15(11(16)8(2)13)6-10-14-9(7-19-10)12(17)18-3/h7-8H,4-6H2,1-3H3/t8-/m0/s1. The van der Waals surface area contributed by atoms with Crippen molar-refractivity contribution in [3.8, 4) is 0 Å². The number of rotatable bonds is 6. The van der Waals surface area contributed by atoms with Gasteiger partial charge in [-0.3, -0.25) is 4.79 Å². The Labute approximate surface area is 121 Å². The Bertz CT molecular complexity index is 448. The second-order valence-corrected chi connectivity index (χ2v) is 5.59. The molecule has 0 spiro atoms. The Morgan fingerprint density at radius 1 is 1.58 bits per heavy atom. The van der Waals surface area contributed by atoms with Crippen LogP contribution in [0.5, 0.6) is 0 Å². The van der Waals surface area contributed by atoms with Crippen molar-refractivity contribution in [1.82, 2.24) is 9.88 Å². The number of alkyl halides is 1. The molecule has 0 aliphatic rings. The number of thiazole rings is 1. The normalized spacial score (nSPS) is 12.0. The predicted molar refractivity (Wildman–Crippen MR) is 74.5 cm³/mol.